The Morgan fingerprint density at radius 3 is 2.32 bits per heavy atom. The van der Waals surface area contributed by atoms with E-state index in [0.29, 0.717) is 11.3 Å². The van der Waals surface area contributed by atoms with Gasteiger partial charge in [0.25, 0.3) is 11.5 Å². The van der Waals surface area contributed by atoms with Gasteiger partial charge in [0, 0.05) is 23.4 Å². The van der Waals surface area contributed by atoms with Crippen LogP contribution in [0.1, 0.15) is 10.4 Å². The molecule has 25 heavy (non-hydrogen) atoms. The number of carbonyl (C=O) groups excluding carboxylic acids is 1. The van der Waals surface area contributed by atoms with Gasteiger partial charge in [-0.15, -0.1) is 5.10 Å². The zero-order chi connectivity index (χ0) is 17.8. The van der Waals surface area contributed by atoms with Crippen LogP contribution in [0.2, 0.25) is 10.0 Å². The molecular formula is C17H11Cl2N3O3. The minimum atomic E-state index is -0.358. The number of hydrogen-bond acceptors (Lipinski definition) is 4. The van der Waals surface area contributed by atoms with Crippen molar-refractivity contribution in [3.05, 3.63) is 80.6 Å². The first-order valence-electron chi connectivity index (χ1n) is 7.12. The molecule has 0 bridgehead atoms. The summed E-state index contributed by atoms with van der Waals surface area (Å²) >= 11 is 12.4. The largest absolute Gasteiger partial charge is 0.434 e. The fourth-order valence-electron chi connectivity index (χ4n) is 2.02. The van der Waals surface area contributed by atoms with Gasteiger partial charge in [-0.05, 0) is 24.3 Å². The number of hydrogen-bond donors (Lipinski definition) is 2. The monoisotopic (exact) mass is 375 g/mol. The van der Waals surface area contributed by atoms with Crippen molar-refractivity contribution in [3.63, 3.8) is 0 Å². The van der Waals surface area contributed by atoms with Gasteiger partial charge in [0.1, 0.15) is 0 Å². The third kappa shape index (κ3) is 4.17. The molecular weight excluding hydrogens is 365 g/mol. The summed E-state index contributed by atoms with van der Waals surface area (Å²) in [6, 6.07) is 14.4. The summed E-state index contributed by atoms with van der Waals surface area (Å²) in [5, 5.41) is 9.04. The van der Waals surface area contributed by atoms with Crippen molar-refractivity contribution < 1.29 is 9.53 Å². The number of amides is 1. The summed E-state index contributed by atoms with van der Waals surface area (Å²) in [5.41, 5.74) is 0.571. The lowest BCUT2D eigenvalue weighted by atomic mass is 10.2. The van der Waals surface area contributed by atoms with E-state index in [1.165, 1.54) is 24.3 Å². The second-order valence-corrected chi connectivity index (χ2v) is 5.77. The number of carbonyl (C=O) groups is 1. The van der Waals surface area contributed by atoms with Crippen LogP contribution in [0.25, 0.3) is 0 Å². The van der Waals surface area contributed by atoms with Crippen LogP contribution >= 0.6 is 23.2 Å². The zero-order valence-electron chi connectivity index (χ0n) is 12.6. The molecule has 0 saturated heterocycles. The van der Waals surface area contributed by atoms with Crippen molar-refractivity contribution in [2.45, 2.75) is 0 Å². The number of aromatic amines is 1. The maximum Gasteiger partial charge on any atom is 0.264 e. The average molecular weight is 376 g/mol. The molecule has 0 aliphatic heterocycles. The fraction of sp³-hybridized carbons (Fsp3) is 0. The van der Waals surface area contributed by atoms with E-state index in [0.717, 1.165) is 0 Å². The lowest BCUT2D eigenvalue weighted by Gasteiger charge is -2.11. The number of rotatable bonds is 4. The van der Waals surface area contributed by atoms with Crippen LogP contribution in [0.5, 0.6) is 11.6 Å². The van der Waals surface area contributed by atoms with Crippen molar-refractivity contribution in [1.29, 1.82) is 0 Å². The van der Waals surface area contributed by atoms with E-state index in [9.17, 15) is 9.59 Å². The van der Waals surface area contributed by atoms with Crippen LogP contribution in [0.4, 0.5) is 5.69 Å². The molecule has 1 heterocycles. The number of halogens is 2. The highest BCUT2D eigenvalue weighted by Crippen LogP contribution is 2.38. The smallest absolute Gasteiger partial charge is 0.264 e. The van der Waals surface area contributed by atoms with Crippen molar-refractivity contribution in [2.24, 2.45) is 0 Å². The predicted octanol–water partition coefficient (Wildman–Crippen LogP) is 4.12. The van der Waals surface area contributed by atoms with Gasteiger partial charge in [-0.1, -0.05) is 41.4 Å². The van der Waals surface area contributed by atoms with Gasteiger partial charge in [0.15, 0.2) is 5.75 Å². The highest BCUT2D eigenvalue weighted by atomic mass is 35.5. The molecule has 1 amide bonds. The molecule has 1 aromatic heterocycles. The first-order valence-corrected chi connectivity index (χ1v) is 7.87. The Bertz CT molecular complexity index is 931. The van der Waals surface area contributed by atoms with Gasteiger partial charge in [0.2, 0.25) is 5.88 Å². The average Bonchev–Trinajstić information content (AvgIpc) is 2.60. The molecule has 0 unspecified atom stereocenters. The molecule has 2 N–H and O–H groups in total. The summed E-state index contributed by atoms with van der Waals surface area (Å²) < 4.78 is 5.48. The Morgan fingerprint density at radius 2 is 1.72 bits per heavy atom. The number of H-pyrrole nitrogens is 1. The highest BCUT2D eigenvalue weighted by molar-refractivity contribution is 6.37. The molecule has 126 valence electrons. The van der Waals surface area contributed by atoms with Gasteiger partial charge in [-0.2, -0.15) is 0 Å². The molecule has 0 radical (unpaired) electrons. The van der Waals surface area contributed by atoms with Gasteiger partial charge >= 0.3 is 0 Å². The molecule has 0 atom stereocenters. The Morgan fingerprint density at radius 1 is 1.04 bits per heavy atom. The van der Waals surface area contributed by atoms with E-state index >= 15 is 0 Å². The molecule has 0 aliphatic carbocycles. The molecule has 3 aromatic rings. The van der Waals surface area contributed by atoms with Gasteiger partial charge in [0.05, 0.1) is 10.0 Å². The maximum absolute atomic E-state index is 12.2. The van der Waals surface area contributed by atoms with Crippen LogP contribution in [0, 0.1) is 0 Å². The Labute approximate surface area is 152 Å². The number of aromatic nitrogens is 2. The second kappa shape index (κ2) is 7.38. The molecule has 0 aliphatic rings. The molecule has 2 aromatic carbocycles. The van der Waals surface area contributed by atoms with E-state index in [1.54, 1.807) is 24.3 Å². The minimum absolute atomic E-state index is 0.129. The molecule has 3 rings (SSSR count). The third-order valence-corrected chi connectivity index (χ3v) is 3.71. The molecule has 6 nitrogen and oxygen atoms in total. The van der Waals surface area contributed by atoms with E-state index in [-0.39, 0.29) is 33.1 Å². The van der Waals surface area contributed by atoms with Crippen molar-refractivity contribution in [1.82, 2.24) is 10.2 Å². The number of benzene rings is 2. The lowest BCUT2D eigenvalue weighted by Crippen LogP contribution is -2.11. The van der Waals surface area contributed by atoms with E-state index in [4.69, 9.17) is 27.9 Å². The van der Waals surface area contributed by atoms with E-state index < -0.39 is 0 Å². The van der Waals surface area contributed by atoms with Crippen LogP contribution in [0.15, 0.2) is 59.4 Å². The SMILES string of the molecule is O=C(Nc1cc(Cl)c(Oc2ccc(=O)[nH]n2)c(Cl)c1)c1ccccc1. The Kier molecular flexibility index (Phi) is 5.02. The molecule has 0 spiro atoms. The summed E-state index contributed by atoms with van der Waals surface area (Å²) in [4.78, 5) is 23.2. The van der Waals surface area contributed by atoms with Crippen molar-refractivity contribution in [3.8, 4) is 11.6 Å². The van der Waals surface area contributed by atoms with Crippen LogP contribution in [0.3, 0.4) is 0 Å². The first-order chi connectivity index (χ1) is 12.0. The quantitative estimate of drug-likeness (QED) is 0.718. The van der Waals surface area contributed by atoms with Crippen LogP contribution in [-0.4, -0.2) is 16.1 Å². The van der Waals surface area contributed by atoms with Gasteiger partial charge in [-0.25, -0.2) is 5.10 Å². The maximum atomic E-state index is 12.2. The van der Waals surface area contributed by atoms with Crippen LogP contribution < -0.4 is 15.6 Å². The standard InChI is InChI=1S/C17H11Cl2N3O3/c18-12-8-11(20-17(24)10-4-2-1-3-5-10)9-13(19)16(12)25-15-7-6-14(23)21-22-15/h1-9H,(H,20,24)(H,21,23). The number of nitrogens with zero attached hydrogens (tertiary/aromatic N) is 1. The predicted molar refractivity (Wildman–Crippen MR) is 95.8 cm³/mol. The first kappa shape index (κ1) is 17.0. The molecule has 0 saturated carbocycles. The minimum Gasteiger partial charge on any atom is -0.434 e. The normalized spacial score (nSPS) is 10.3. The Hall–Kier alpha value is -2.83. The topological polar surface area (TPSA) is 84.1 Å². The number of nitrogens with one attached hydrogen (secondary N) is 2. The summed E-state index contributed by atoms with van der Waals surface area (Å²) in [7, 11) is 0. The number of ether oxygens (including phenoxy) is 1. The summed E-state index contributed by atoms with van der Waals surface area (Å²) in [5.74, 6) is 0.00812. The second-order valence-electron chi connectivity index (χ2n) is 4.95. The Balaban J connectivity index is 1.81. The highest BCUT2D eigenvalue weighted by Gasteiger charge is 2.14. The fourth-order valence-corrected chi connectivity index (χ4v) is 2.58. The molecule has 8 heteroatoms. The molecule has 0 fully saturated rings. The summed E-state index contributed by atoms with van der Waals surface area (Å²) in [6.07, 6.45) is 0. The van der Waals surface area contributed by atoms with Gasteiger partial charge < -0.3 is 10.1 Å². The van der Waals surface area contributed by atoms with E-state index in [1.807, 2.05) is 6.07 Å². The lowest BCUT2D eigenvalue weighted by molar-refractivity contribution is 0.102. The van der Waals surface area contributed by atoms with Crippen molar-refractivity contribution in [2.75, 3.05) is 5.32 Å². The summed E-state index contributed by atoms with van der Waals surface area (Å²) in [6.45, 7) is 0. The van der Waals surface area contributed by atoms with E-state index in [2.05, 4.69) is 15.5 Å². The van der Waals surface area contributed by atoms with Gasteiger partial charge in [-0.3, -0.25) is 9.59 Å². The van der Waals surface area contributed by atoms with Crippen LogP contribution in [-0.2, 0) is 0 Å². The number of anilines is 1. The zero-order valence-corrected chi connectivity index (χ0v) is 14.1. The third-order valence-electron chi connectivity index (χ3n) is 3.15. The van der Waals surface area contributed by atoms with Crippen molar-refractivity contribution >= 4 is 34.8 Å².